The lowest BCUT2D eigenvalue weighted by atomic mass is 10.2. The molecule has 136 valence electrons. The minimum absolute atomic E-state index is 0.156. The molecule has 2 N–H and O–H groups in total. The Morgan fingerprint density at radius 2 is 2.29 bits per heavy atom. The van der Waals surface area contributed by atoms with Crippen LogP contribution in [0.15, 0.2) is 9.52 Å². The van der Waals surface area contributed by atoms with Gasteiger partial charge in [-0.15, -0.1) is 0 Å². The van der Waals surface area contributed by atoms with Crippen molar-refractivity contribution in [1.29, 1.82) is 0 Å². The predicted molar refractivity (Wildman–Crippen MR) is 97.2 cm³/mol. The number of ether oxygens (including phenoxy) is 1. The first-order valence-corrected chi connectivity index (χ1v) is 9.73. The van der Waals surface area contributed by atoms with Gasteiger partial charge in [-0.3, -0.25) is 4.99 Å². The van der Waals surface area contributed by atoms with Crippen molar-refractivity contribution in [2.75, 3.05) is 19.4 Å². The minimum Gasteiger partial charge on any atom is -0.371 e. The van der Waals surface area contributed by atoms with Crippen LogP contribution in [0.2, 0.25) is 0 Å². The first-order chi connectivity index (χ1) is 11.7. The Morgan fingerprint density at radius 3 is 3.00 bits per heavy atom. The molecule has 7 nitrogen and oxygen atoms in total. The fourth-order valence-corrected chi connectivity index (χ4v) is 3.98. The van der Waals surface area contributed by atoms with Gasteiger partial charge < -0.3 is 19.9 Å². The van der Waals surface area contributed by atoms with Crippen molar-refractivity contribution in [3.8, 4) is 0 Å². The molecule has 1 aliphatic rings. The second-order valence-electron chi connectivity index (χ2n) is 5.80. The van der Waals surface area contributed by atoms with E-state index in [1.807, 2.05) is 13.8 Å². The number of thioether (sulfide) groups is 1. The zero-order chi connectivity index (χ0) is 17.4. The summed E-state index contributed by atoms with van der Waals surface area (Å²) in [7, 11) is 1.78. The summed E-state index contributed by atoms with van der Waals surface area (Å²) in [5, 5.41) is 11.4. The van der Waals surface area contributed by atoms with Crippen molar-refractivity contribution in [2.24, 2.45) is 4.99 Å². The van der Waals surface area contributed by atoms with E-state index < -0.39 is 0 Å². The van der Waals surface area contributed by atoms with Crippen LogP contribution in [0.3, 0.4) is 0 Å². The first-order valence-electron chi connectivity index (χ1n) is 8.69. The summed E-state index contributed by atoms with van der Waals surface area (Å²) in [5.41, 5.74) is 0. The van der Waals surface area contributed by atoms with Crippen LogP contribution in [0, 0.1) is 0 Å². The molecule has 0 radical (unpaired) electrons. The van der Waals surface area contributed by atoms with Crippen molar-refractivity contribution in [1.82, 2.24) is 20.8 Å². The van der Waals surface area contributed by atoms with E-state index >= 15 is 0 Å². The molecule has 0 saturated heterocycles. The van der Waals surface area contributed by atoms with Gasteiger partial charge in [0.15, 0.2) is 11.8 Å². The molecule has 1 fully saturated rings. The Kier molecular flexibility index (Phi) is 7.84. The Bertz CT molecular complexity index is 522. The number of hydrogen-bond donors (Lipinski definition) is 2. The quantitative estimate of drug-likeness (QED) is 0.547. The van der Waals surface area contributed by atoms with Crippen molar-refractivity contribution in [3.63, 3.8) is 0 Å². The molecule has 0 aromatic carbocycles. The topological polar surface area (TPSA) is 84.6 Å². The molecule has 24 heavy (non-hydrogen) atoms. The monoisotopic (exact) mass is 355 g/mol. The summed E-state index contributed by atoms with van der Waals surface area (Å²) >= 11 is 2.05. The molecule has 1 aromatic heterocycles. The van der Waals surface area contributed by atoms with Crippen LogP contribution in [0.25, 0.3) is 0 Å². The van der Waals surface area contributed by atoms with Crippen molar-refractivity contribution < 1.29 is 9.26 Å². The normalized spacial score (nSPS) is 22.6. The number of aromatic nitrogens is 2. The van der Waals surface area contributed by atoms with Crippen LogP contribution >= 0.6 is 11.8 Å². The molecular formula is C16H29N5O2S. The molecule has 1 heterocycles. The standard InChI is InChI=1S/C16H29N5O2S/c1-5-22-11(3)15-20-14(23-21-15)10-18-16(17-4)19-12-7-8-13(9-12)24-6-2/h11-13H,5-10H2,1-4H3,(H2,17,18,19). The summed E-state index contributed by atoms with van der Waals surface area (Å²) < 4.78 is 10.7. The van der Waals surface area contributed by atoms with E-state index in [2.05, 4.69) is 44.5 Å². The van der Waals surface area contributed by atoms with Crippen LogP contribution in [-0.2, 0) is 11.3 Å². The number of hydrogen-bond acceptors (Lipinski definition) is 6. The van der Waals surface area contributed by atoms with Gasteiger partial charge in [-0.2, -0.15) is 16.7 Å². The van der Waals surface area contributed by atoms with Crippen molar-refractivity contribution in [2.45, 2.75) is 64.0 Å². The van der Waals surface area contributed by atoms with Gasteiger partial charge in [-0.1, -0.05) is 12.1 Å². The predicted octanol–water partition coefficient (Wildman–Crippen LogP) is 2.51. The van der Waals surface area contributed by atoms with Crippen LogP contribution in [0.5, 0.6) is 0 Å². The van der Waals surface area contributed by atoms with E-state index in [1.54, 1.807) is 7.05 Å². The summed E-state index contributed by atoms with van der Waals surface area (Å²) in [6.45, 7) is 7.15. The van der Waals surface area contributed by atoms with Crippen LogP contribution in [0.4, 0.5) is 0 Å². The van der Waals surface area contributed by atoms with E-state index in [0.29, 0.717) is 30.9 Å². The van der Waals surface area contributed by atoms with Gasteiger partial charge in [-0.25, -0.2) is 0 Å². The zero-order valence-corrected chi connectivity index (χ0v) is 15.9. The second kappa shape index (κ2) is 9.88. The molecule has 3 atom stereocenters. The van der Waals surface area contributed by atoms with E-state index in [0.717, 1.165) is 11.2 Å². The van der Waals surface area contributed by atoms with Gasteiger partial charge in [0, 0.05) is 24.9 Å². The molecule has 1 saturated carbocycles. The maximum atomic E-state index is 5.46. The Hall–Kier alpha value is -1.28. The Balaban J connectivity index is 1.78. The highest BCUT2D eigenvalue weighted by atomic mass is 32.2. The third kappa shape index (κ3) is 5.66. The highest BCUT2D eigenvalue weighted by Gasteiger charge is 2.25. The smallest absolute Gasteiger partial charge is 0.246 e. The van der Waals surface area contributed by atoms with Crippen molar-refractivity contribution >= 4 is 17.7 Å². The minimum atomic E-state index is -0.156. The number of guanidine groups is 1. The van der Waals surface area contributed by atoms with E-state index in [4.69, 9.17) is 9.26 Å². The molecular weight excluding hydrogens is 326 g/mol. The summed E-state index contributed by atoms with van der Waals surface area (Å²) in [6, 6.07) is 0.483. The lowest BCUT2D eigenvalue weighted by Crippen LogP contribution is -2.42. The highest BCUT2D eigenvalue weighted by molar-refractivity contribution is 7.99. The van der Waals surface area contributed by atoms with Crippen LogP contribution in [0.1, 0.15) is 57.9 Å². The van der Waals surface area contributed by atoms with E-state index in [1.165, 1.54) is 25.0 Å². The van der Waals surface area contributed by atoms with E-state index in [9.17, 15) is 0 Å². The molecule has 0 bridgehead atoms. The fraction of sp³-hybridized carbons (Fsp3) is 0.812. The highest BCUT2D eigenvalue weighted by Crippen LogP contribution is 2.29. The summed E-state index contributed by atoms with van der Waals surface area (Å²) in [6.07, 6.45) is 3.50. The molecule has 0 spiro atoms. The lowest BCUT2D eigenvalue weighted by Gasteiger charge is -2.16. The van der Waals surface area contributed by atoms with Gasteiger partial charge in [0.05, 0.1) is 6.54 Å². The Labute approximate surface area is 148 Å². The summed E-state index contributed by atoms with van der Waals surface area (Å²) in [5.74, 6) is 3.07. The zero-order valence-electron chi connectivity index (χ0n) is 15.0. The largest absolute Gasteiger partial charge is 0.371 e. The van der Waals surface area contributed by atoms with E-state index in [-0.39, 0.29) is 6.10 Å². The third-order valence-corrected chi connectivity index (χ3v) is 5.26. The van der Waals surface area contributed by atoms with Crippen molar-refractivity contribution in [3.05, 3.63) is 11.7 Å². The molecule has 1 aromatic rings. The van der Waals surface area contributed by atoms with Gasteiger partial charge >= 0.3 is 0 Å². The molecule has 3 unspecified atom stereocenters. The maximum Gasteiger partial charge on any atom is 0.246 e. The maximum absolute atomic E-state index is 5.46. The van der Waals surface area contributed by atoms with Gasteiger partial charge in [0.2, 0.25) is 5.89 Å². The number of rotatable bonds is 8. The molecule has 0 amide bonds. The average Bonchev–Trinajstić information content (AvgIpc) is 3.21. The number of aliphatic imine (C=N–C) groups is 1. The fourth-order valence-electron chi connectivity index (χ4n) is 2.84. The van der Waals surface area contributed by atoms with Gasteiger partial charge in [-0.05, 0) is 38.9 Å². The lowest BCUT2D eigenvalue weighted by molar-refractivity contribution is 0.0683. The second-order valence-corrected chi connectivity index (χ2v) is 7.38. The molecule has 8 heteroatoms. The molecule has 0 aliphatic heterocycles. The van der Waals surface area contributed by atoms with Crippen LogP contribution < -0.4 is 10.6 Å². The first kappa shape index (κ1) is 19.1. The number of nitrogens with zero attached hydrogens (tertiary/aromatic N) is 3. The Morgan fingerprint density at radius 1 is 1.46 bits per heavy atom. The summed E-state index contributed by atoms with van der Waals surface area (Å²) in [4.78, 5) is 8.63. The number of nitrogens with one attached hydrogen (secondary N) is 2. The third-order valence-electron chi connectivity index (χ3n) is 4.02. The van der Waals surface area contributed by atoms with Gasteiger partial charge in [0.1, 0.15) is 6.10 Å². The van der Waals surface area contributed by atoms with Crippen LogP contribution in [-0.4, -0.2) is 46.8 Å². The average molecular weight is 356 g/mol. The molecule has 2 rings (SSSR count). The SMILES string of the molecule is CCOC(C)c1noc(CNC(=NC)NC2CCC(SCC)C2)n1. The molecule has 1 aliphatic carbocycles. The van der Waals surface area contributed by atoms with Gasteiger partial charge in [0.25, 0.3) is 0 Å².